The fraction of sp³-hybridized carbons (Fsp3) is 0.647. The number of benzene rings is 1. The third-order valence-electron chi connectivity index (χ3n) is 4.29. The van der Waals surface area contributed by atoms with Gasteiger partial charge in [0, 0.05) is 29.3 Å². The molecule has 1 aromatic rings. The van der Waals surface area contributed by atoms with Gasteiger partial charge in [-0.25, -0.2) is 0 Å². The van der Waals surface area contributed by atoms with Crippen LogP contribution in [0.1, 0.15) is 45.6 Å². The van der Waals surface area contributed by atoms with Gasteiger partial charge in [-0.3, -0.25) is 0 Å². The van der Waals surface area contributed by atoms with Crippen LogP contribution in [-0.4, -0.2) is 19.1 Å². The van der Waals surface area contributed by atoms with E-state index in [1.807, 2.05) is 0 Å². The Balaban J connectivity index is 2.26. The molecule has 0 bridgehead atoms. The molecular weight excluding hydrogens is 312 g/mol. The van der Waals surface area contributed by atoms with Crippen molar-refractivity contribution in [3.05, 3.63) is 28.2 Å². The van der Waals surface area contributed by atoms with Gasteiger partial charge in [-0.1, -0.05) is 42.8 Å². The second kappa shape index (κ2) is 6.48. The lowest BCUT2D eigenvalue weighted by atomic mass is 9.83. The van der Waals surface area contributed by atoms with Gasteiger partial charge in [0.05, 0.1) is 0 Å². The summed E-state index contributed by atoms with van der Waals surface area (Å²) in [4.78, 5) is 2.55. The minimum atomic E-state index is 0.257. The first-order chi connectivity index (χ1) is 9.41. The van der Waals surface area contributed by atoms with Crippen molar-refractivity contribution >= 4 is 21.6 Å². The fourth-order valence-electron chi connectivity index (χ4n) is 3.06. The molecule has 0 saturated carbocycles. The van der Waals surface area contributed by atoms with E-state index in [1.54, 1.807) is 0 Å². The van der Waals surface area contributed by atoms with Crippen molar-refractivity contribution in [1.29, 1.82) is 0 Å². The van der Waals surface area contributed by atoms with Gasteiger partial charge < -0.3 is 10.6 Å². The smallest absolute Gasteiger partial charge is 0.0410 e. The molecule has 1 atom stereocenters. The number of halogens is 1. The summed E-state index contributed by atoms with van der Waals surface area (Å²) in [6.07, 6.45) is 4.59. The summed E-state index contributed by atoms with van der Waals surface area (Å²) in [6.45, 7) is 9.20. The zero-order valence-corrected chi connectivity index (χ0v) is 14.5. The SMILES string of the molecule is CCC(N)Cc1ccc(Br)cc1N1CCCC(C)(C)C1. The number of piperidine rings is 1. The Morgan fingerprint density at radius 2 is 2.15 bits per heavy atom. The summed E-state index contributed by atoms with van der Waals surface area (Å²) in [6, 6.07) is 6.89. The van der Waals surface area contributed by atoms with E-state index in [2.05, 4.69) is 59.8 Å². The van der Waals surface area contributed by atoms with Crippen LogP contribution in [0.25, 0.3) is 0 Å². The Labute approximate surface area is 131 Å². The average molecular weight is 339 g/mol. The van der Waals surface area contributed by atoms with Gasteiger partial charge in [0.25, 0.3) is 0 Å². The van der Waals surface area contributed by atoms with Crippen molar-refractivity contribution in [3.8, 4) is 0 Å². The molecule has 112 valence electrons. The van der Waals surface area contributed by atoms with Gasteiger partial charge >= 0.3 is 0 Å². The maximum absolute atomic E-state index is 6.16. The summed E-state index contributed by atoms with van der Waals surface area (Å²) >= 11 is 3.62. The molecule has 0 radical (unpaired) electrons. The topological polar surface area (TPSA) is 29.3 Å². The number of hydrogen-bond donors (Lipinski definition) is 1. The number of rotatable bonds is 4. The lowest BCUT2D eigenvalue weighted by Gasteiger charge is -2.40. The van der Waals surface area contributed by atoms with Crippen LogP contribution in [0.2, 0.25) is 0 Å². The molecule has 1 aromatic carbocycles. The fourth-order valence-corrected chi connectivity index (χ4v) is 3.41. The Morgan fingerprint density at radius 3 is 2.80 bits per heavy atom. The van der Waals surface area contributed by atoms with Crippen molar-refractivity contribution in [3.63, 3.8) is 0 Å². The second-order valence-electron chi connectivity index (χ2n) is 6.83. The van der Waals surface area contributed by atoms with Gasteiger partial charge in [0.1, 0.15) is 0 Å². The number of nitrogens with two attached hydrogens (primary N) is 1. The summed E-state index contributed by atoms with van der Waals surface area (Å²) in [5.41, 5.74) is 9.33. The van der Waals surface area contributed by atoms with Crippen LogP contribution in [-0.2, 0) is 6.42 Å². The Morgan fingerprint density at radius 1 is 1.40 bits per heavy atom. The molecular formula is C17H27BrN2. The van der Waals surface area contributed by atoms with Crippen molar-refractivity contribution in [2.24, 2.45) is 11.1 Å². The standard InChI is InChI=1S/C17H27BrN2/c1-4-15(19)10-13-6-7-14(18)11-16(13)20-9-5-8-17(2,3)12-20/h6-7,11,15H,4-5,8-10,12,19H2,1-3H3. The third kappa shape index (κ3) is 3.98. The number of hydrogen-bond acceptors (Lipinski definition) is 2. The molecule has 0 aromatic heterocycles. The quantitative estimate of drug-likeness (QED) is 0.883. The lowest BCUT2D eigenvalue weighted by molar-refractivity contribution is 0.293. The van der Waals surface area contributed by atoms with Crippen molar-refractivity contribution in [1.82, 2.24) is 0 Å². The molecule has 1 heterocycles. The van der Waals surface area contributed by atoms with E-state index in [0.717, 1.165) is 30.4 Å². The molecule has 1 unspecified atom stereocenters. The van der Waals surface area contributed by atoms with E-state index < -0.39 is 0 Å². The lowest BCUT2D eigenvalue weighted by Crippen LogP contribution is -2.40. The van der Waals surface area contributed by atoms with Crippen LogP contribution in [0.4, 0.5) is 5.69 Å². The third-order valence-corrected chi connectivity index (χ3v) is 4.79. The molecule has 2 N–H and O–H groups in total. The van der Waals surface area contributed by atoms with E-state index >= 15 is 0 Å². The Bertz CT molecular complexity index is 456. The molecule has 20 heavy (non-hydrogen) atoms. The second-order valence-corrected chi connectivity index (χ2v) is 7.75. The highest BCUT2D eigenvalue weighted by Crippen LogP contribution is 2.34. The summed E-state index contributed by atoms with van der Waals surface area (Å²) in [7, 11) is 0. The molecule has 1 aliphatic heterocycles. The number of nitrogens with zero attached hydrogens (tertiary/aromatic N) is 1. The van der Waals surface area contributed by atoms with E-state index in [0.29, 0.717) is 5.41 Å². The predicted molar refractivity (Wildman–Crippen MR) is 91.3 cm³/mol. The van der Waals surface area contributed by atoms with Crippen molar-refractivity contribution in [2.75, 3.05) is 18.0 Å². The monoisotopic (exact) mass is 338 g/mol. The van der Waals surface area contributed by atoms with Gasteiger partial charge in [0.15, 0.2) is 0 Å². The maximum atomic E-state index is 6.16. The summed E-state index contributed by atoms with van der Waals surface area (Å²) < 4.78 is 1.16. The molecule has 1 fully saturated rings. The van der Waals surface area contributed by atoms with Gasteiger partial charge in [-0.05, 0) is 48.8 Å². The Kier molecular flexibility index (Phi) is 5.14. The van der Waals surface area contributed by atoms with E-state index in [-0.39, 0.29) is 6.04 Å². The molecule has 1 saturated heterocycles. The molecule has 0 aliphatic carbocycles. The van der Waals surface area contributed by atoms with Crippen LogP contribution < -0.4 is 10.6 Å². The number of anilines is 1. The molecule has 1 aliphatic rings. The first-order valence-electron chi connectivity index (χ1n) is 7.70. The normalized spacial score (nSPS) is 19.9. The zero-order valence-electron chi connectivity index (χ0n) is 13.0. The first kappa shape index (κ1) is 15.8. The van der Waals surface area contributed by atoms with Crippen LogP contribution in [0.5, 0.6) is 0 Å². The molecule has 0 spiro atoms. The minimum Gasteiger partial charge on any atom is -0.371 e. The highest BCUT2D eigenvalue weighted by molar-refractivity contribution is 9.10. The predicted octanol–water partition coefficient (Wildman–Crippen LogP) is 4.36. The van der Waals surface area contributed by atoms with Crippen LogP contribution in [0, 0.1) is 5.41 Å². The first-order valence-corrected chi connectivity index (χ1v) is 8.49. The average Bonchev–Trinajstić information content (AvgIpc) is 2.39. The van der Waals surface area contributed by atoms with Crippen molar-refractivity contribution in [2.45, 2.75) is 52.5 Å². The summed E-state index contributed by atoms with van der Waals surface area (Å²) in [5, 5.41) is 0. The highest BCUT2D eigenvalue weighted by atomic mass is 79.9. The van der Waals surface area contributed by atoms with Crippen LogP contribution in [0.15, 0.2) is 22.7 Å². The van der Waals surface area contributed by atoms with E-state index in [9.17, 15) is 0 Å². The van der Waals surface area contributed by atoms with Crippen LogP contribution >= 0.6 is 15.9 Å². The molecule has 2 rings (SSSR count). The van der Waals surface area contributed by atoms with Gasteiger partial charge in [0.2, 0.25) is 0 Å². The van der Waals surface area contributed by atoms with Crippen LogP contribution in [0.3, 0.4) is 0 Å². The minimum absolute atomic E-state index is 0.257. The van der Waals surface area contributed by atoms with Gasteiger partial charge in [-0.15, -0.1) is 0 Å². The van der Waals surface area contributed by atoms with Crippen molar-refractivity contribution < 1.29 is 0 Å². The zero-order chi connectivity index (χ0) is 14.8. The molecule has 2 nitrogen and oxygen atoms in total. The summed E-state index contributed by atoms with van der Waals surface area (Å²) in [5.74, 6) is 0. The van der Waals surface area contributed by atoms with Gasteiger partial charge in [-0.2, -0.15) is 0 Å². The molecule has 3 heteroatoms. The Hall–Kier alpha value is -0.540. The highest BCUT2D eigenvalue weighted by Gasteiger charge is 2.27. The largest absolute Gasteiger partial charge is 0.371 e. The van der Waals surface area contributed by atoms with E-state index in [4.69, 9.17) is 5.73 Å². The molecule has 0 amide bonds. The maximum Gasteiger partial charge on any atom is 0.0410 e. The van der Waals surface area contributed by atoms with E-state index in [1.165, 1.54) is 24.1 Å².